The fourth-order valence-electron chi connectivity index (χ4n) is 3.24. The Morgan fingerprint density at radius 2 is 1.89 bits per heavy atom. The molecule has 0 saturated carbocycles. The molecule has 0 atom stereocenters. The first-order chi connectivity index (χ1) is 12.7. The molecular formula is C20H18Cl2N2O3. The number of aryl methyl sites for hydroxylation is 1. The molecule has 1 aliphatic heterocycles. The van der Waals surface area contributed by atoms with E-state index in [0.29, 0.717) is 15.7 Å². The number of esters is 1. The van der Waals surface area contributed by atoms with Crippen LogP contribution in [0.1, 0.15) is 23.9 Å². The lowest BCUT2D eigenvalue weighted by Crippen LogP contribution is -2.15. The minimum Gasteiger partial charge on any atom is -0.465 e. The Labute approximate surface area is 167 Å². The molecule has 1 amide bonds. The summed E-state index contributed by atoms with van der Waals surface area (Å²) in [4.78, 5) is 24.4. The van der Waals surface area contributed by atoms with Gasteiger partial charge in [0.05, 0.1) is 29.0 Å². The van der Waals surface area contributed by atoms with Crippen LogP contribution in [0.25, 0.3) is 11.8 Å². The lowest BCUT2D eigenvalue weighted by Gasteiger charge is -2.12. The van der Waals surface area contributed by atoms with Gasteiger partial charge in [-0.25, -0.2) is 4.79 Å². The van der Waals surface area contributed by atoms with Crippen LogP contribution < -0.4 is 5.32 Å². The van der Waals surface area contributed by atoms with E-state index >= 15 is 0 Å². The number of carbonyl (C=O) groups excluding carboxylic acids is 2. The highest BCUT2D eigenvalue weighted by molar-refractivity contribution is 6.34. The lowest BCUT2D eigenvalue weighted by atomic mass is 10.0. The average Bonchev–Trinajstić information content (AvgIpc) is 3.05. The number of methoxy groups -OCH3 is 1. The summed E-state index contributed by atoms with van der Waals surface area (Å²) in [7, 11) is 1.29. The van der Waals surface area contributed by atoms with Crippen LogP contribution in [0.4, 0.5) is 0 Å². The fourth-order valence-corrected chi connectivity index (χ4v) is 3.60. The molecule has 0 bridgehead atoms. The zero-order chi connectivity index (χ0) is 19.9. The van der Waals surface area contributed by atoms with E-state index < -0.39 is 5.97 Å². The number of allylic oxidation sites excluding steroid dienone is 1. The second-order valence-corrected chi connectivity index (χ2v) is 7.10. The van der Waals surface area contributed by atoms with Gasteiger partial charge in [0.25, 0.3) is 5.91 Å². The van der Waals surface area contributed by atoms with E-state index in [2.05, 4.69) is 5.32 Å². The minimum atomic E-state index is -0.552. The number of ether oxygens (including phenoxy) is 1. The van der Waals surface area contributed by atoms with Gasteiger partial charge in [-0.3, -0.25) is 4.79 Å². The summed E-state index contributed by atoms with van der Waals surface area (Å²) in [6, 6.07) is 7.17. The van der Waals surface area contributed by atoms with E-state index in [1.165, 1.54) is 7.11 Å². The Hall–Kier alpha value is -2.50. The third-order valence-electron chi connectivity index (χ3n) is 4.50. The van der Waals surface area contributed by atoms with Gasteiger partial charge in [0.15, 0.2) is 0 Å². The molecule has 27 heavy (non-hydrogen) atoms. The Morgan fingerprint density at radius 3 is 2.56 bits per heavy atom. The summed E-state index contributed by atoms with van der Waals surface area (Å²) in [6.45, 7) is 5.52. The van der Waals surface area contributed by atoms with Crippen molar-refractivity contribution >= 4 is 41.2 Å². The molecule has 0 fully saturated rings. The Balaban J connectivity index is 2.15. The van der Waals surface area contributed by atoms with E-state index in [4.69, 9.17) is 27.9 Å². The van der Waals surface area contributed by atoms with Crippen molar-refractivity contribution < 1.29 is 14.3 Å². The van der Waals surface area contributed by atoms with Gasteiger partial charge in [0.1, 0.15) is 0 Å². The number of amides is 1. The molecule has 5 nitrogen and oxygen atoms in total. The van der Waals surface area contributed by atoms with Gasteiger partial charge in [0.2, 0.25) is 0 Å². The van der Waals surface area contributed by atoms with Crippen molar-refractivity contribution in [2.24, 2.45) is 0 Å². The molecule has 3 rings (SSSR count). The Morgan fingerprint density at radius 1 is 1.19 bits per heavy atom. The summed E-state index contributed by atoms with van der Waals surface area (Å²) in [6.07, 6.45) is 1.69. The van der Waals surface area contributed by atoms with Crippen molar-refractivity contribution in [2.45, 2.75) is 20.8 Å². The molecule has 1 aliphatic rings. The number of hydrogen-bond acceptors (Lipinski definition) is 3. The molecule has 7 heteroatoms. The van der Waals surface area contributed by atoms with E-state index in [1.54, 1.807) is 31.2 Å². The first kappa shape index (κ1) is 19.3. The van der Waals surface area contributed by atoms with Gasteiger partial charge in [-0.05, 0) is 56.7 Å². The van der Waals surface area contributed by atoms with E-state index in [-0.39, 0.29) is 17.1 Å². The number of nitrogens with one attached hydrogen (secondary N) is 1. The summed E-state index contributed by atoms with van der Waals surface area (Å²) < 4.78 is 6.77. The maximum absolute atomic E-state index is 12.3. The molecule has 0 radical (unpaired) electrons. The van der Waals surface area contributed by atoms with Crippen LogP contribution in [0.15, 0.2) is 41.1 Å². The number of nitrogens with zero attached hydrogens (tertiary/aromatic N) is 1. The molecular weight excluding hydrogens is 387 g/mol. The maximum Gasteiger partial charge on any atom is 0.340 e. The van der Waals surface area contributed by atoms with Gasteiger partial charge in [0, 0.05) is 22.1 Å². The maximum atomic E-state index is 12.3. The molecule has 1 N–H and O–H groups in total. The third kappa shape index (κ3) is 3.40. The molecule has 2 heterocycles. The van der Waals surface area contributed by atoms with Crippen molar-refractivity contribution in [3.05, 3.63) is 68.1 Å². The van der Waals surface area contributed by atoms with E-state index in [9.17, 15) is 9.59 Å². The normalized spacial score (nSPS) is 15.5. The highest BCUT2D eigenvalue weighted by Crippen LogP contribution is 2.31. The van der Waals surface area contributed by atoms with E-state index in [0.717, 1.165) is 22.6 Å². The number of aromatic nitrogens is 1. The predicted octanol–water partition coefficient (Wildman–Crippen LogP) is 4.36. The monoisotopic (exact) mass is 404 g/mol. The summed E-state index contributed by atoms with van der Waals surface area (Å²) in [5, 5.41) is 3.80. The van der Waals surface area contributed by atoms with Crippen LogP contribution in [0.3, 0.4) is 0 Å². The van der Waals surface area contributed by atoms with Crippen molar-refractivity contribution in [2.75, 3.05) is 7.11 Å². The molecule has 140 valence electrons. The summed E-state index contributed by atoms with van der Waals surface area (Å²) in [5.74, 6) is -0.887. The number of carbonyl (C=O) groups is 2. The summed E-state index contributed by atoms with van der Waals surface area (Å²) in [5.41, 5.74) is 4.33. The Kier molecular flexibility index (Phi) is 5.18. The zero-order valence-electron chi connectivity index (χ0n) is 15.3. The smallest absolute Gasteiger partial charge is 0.340 e. The second-order valence-electron chi connectivity index (χ2n) is 6.26. The standard InChI is InChI=1S/C20H18Cl2N2O3/c1-10-7-13(8-15-18(20(26)27-4)11(2)23-19(15)25)12(3)24(10)17-9-14(21)5-6-16(17)22/h5-9H,1-4H3,(H,23,25)/b15-8-. The molecule has 1 aromatic carbocycles. The lowest BCUT2D eigenvalue weighted by molar-refractivity contribution is -0.136. The van der Waals surface area contributed by atoms with Crippen molar-refractivity contribution in [1.29, 1.82) is 0 Å². The molecule has 1 aromatic heterocycles. The number of halogens is 2. The highest BCUT2D eigenvalue weighted by Gasteiger charge is 2.31. The number of hydrogen-bond donors (Lipinski definition) is 1. The minimum absolute atomic E-state index is 0.244. The average molecular weight is 405 g/mol. The topological polar surface area (TPSA) is 60.3 Å². The van der Waals surface area contributed by atoms with Gasteiger partial charge in [-0.1, -0.05) is 23.2 Å². The van der Waals surface area contributed by atoms with Crippen LogP contribution in [0, 0.1) is 13.8 Å². The highest BCUT2D eigenvalue weighted by atomic mass is 35.5. The van der Waals surface area contributed by atoms with Crippen molar-refractivity contribution in [3.63, 3.8) is 0 Å². The van der Waals surface area contributed by atoms with Gasteiger partial charge >= 0.3 is 5.97 Å². The first-order valence-electron chi connectivity index (χ1n) is 8.21. The van der Waals surface area contributed by atoms with Crippen molar-refractivity contribution in [1.82, 2.24) is 9.88 Å². The van der Waals surface area contributed by atoms with Gasteiger partial charge in [-0.2, -0.15) is 0 Å². The summed E-state index contributed by atoms with van der Waals surface area (Å²) >= 11 is 12.5. The van der Waals surface area contributed by atoms with Gasteiger partial charge in [-0.15, -0.1) is 0 Å². The predicted molar refractivity (Wildman–Crippen MR) is 106 cm³/mol. The van der Waals surface area contributed by atoms with Gasteiger partial charge < -0.3 is 14.6 Å². The van der Waals surface area contributed by atoms with Crippen LogP contribution in [0.5, 0.6) is 0 Å². The number of rotatable bonds is 3. The quantitative estimate of drug-likeness (QED) is 0.610. The Bertz CT molecular complexity index is 1030. The zero-order valence-corrected chi connectivity index (χ0v) is 16.8. The molecule has 0 aliphatic carbocycles. The molecule has 0 spiro atoms. The van der Waals surface area contributed by atoms with Crippen molar-refractivity contribution in [3.8, 4) is 5.69 Å². The molecule has 0 unspecified atom stereocenters. The number of benzene rings is 1. The van der Waals surface area contributed by atoms with E-state index in [1.807, 2.05) is 24.5 Å². The first-order valence-corrected chi connectivity index (χ1v) is 8.97. The van der Waals surface area contributed by atoms with Crippen LogP contribution in [-0.4, -0.2) is 23.6 Å². The fraction of sp³-hybridized carbons (Fsp3) is 0.200. The SMILES string of the molecule is COC(=O)C1=C(C)NC(=O)/C1=C\c1cc(C)n(-c2cc(Cl)ccc2Cl)c1C. The third-order valence-corrected chi connectivity index (χ3v) is 5.05. The second kappa shape index (κ2) is 7.25. The van der Waals surface area contributed by atoms with Crippen LogP contribution in [-0.2, 0) is 14.3 Å². The molecule has 2 aromatic rings. The van der Waals surface area contributed by atoms with Crippen LogP contribution >= 0.6 is 23.2 Å². The van der Waals surface area contributed by atoms with Crippen LogP contribution in [0.2, 0.25) is 10.0 Å². The largest absolute Gasteiger partial charge is 0.465 e. The molecule has 0 saturated heterocycles.